The maximum Gasteiger partial charge on any atom is 0.141 e. The van der Waals surface area contributed by atoms with Crippen LogP contribution in [0.15, 0.2) is 24.9 Å². The number of halogens is 1. The van der Waals surface area contributed by atoms with Crippen molar-refractivity contribution in [3.05, 3.63) is 36.3 Å². The van der Waals surface area contributed by atoms with Gasteiger partial charge in [0.25, 0.3) is 0 Å². The molecule has 1 aromatic rings. The molecule has 0 saturated carbocycles. The minimum atomic E-state index is -0.297. The van der Waals surface area contributed by atoms with Gasteiger partial charge in [0.2, 0.25) is 0 Å². The zero-order chi connectivity index (χ0) is 15.2. The third-order valence-electron chi connectivity index (χ3n) is 2.86. The first-order chi connectivity index (χ1) is 9.37. The Morgan fingerprint density at radius 2 is 2.15 bits per heavy atom. The molecule has 0 aliphatic carbocycles. The number of pyridine rings is 1. The van der Waals surface area contributed by atoms with Crippen LogP contribution in [0.5, 0.6) is 0 Å². The Kier molecular flexibility index (Phi) is 6.14. The Morgan fingerprint density at radius 1 is 1.45 bits per heavy atom. The van der Waals surface area contributed by atoms with E-state index in [1.807, 2.05) is 6.08 Å². The van der Waals surface area contributed by atoms with Crippen LogP contribution in [0, 0.1) is 5.82 Å². The molecule has 0 radical (unpaired) electrons. The number of anilines is 1. The lowest BCUT2D eigenvalue weighted by molar-refractivity contribution is 0.423. The van der Waals surface area contributed by atoms with Crippen molar-refractivity contribution in [3.8, 4) is 0 Å². The lowest BCUT2D eigenvalue weighted by Gasteiger charge is -2.26. The van der Waals surface area contributed by atoms with Crippen LogP contribution in [0.1, 0.15) is 39.7 Å². The topological polar surface area (TPSA) is 28.2 Å². The van der Waals surface area contributed by atoms with Crippen molar-refractivity contribution in [2.45, 2.75) is 46.2 Å². The summed E-state index contributed by atoms with van der Waals surface area (Å²) in [5.74, 6) is 0.541. The molecule has 0 atom stereocenters. The summed E-state index contributed by atoms with van der Waals surface area (Å²) in [6.07, 6.45) is 4.14. The van der Waals surface area contributed by atoms with Crippen molar-refractivity contribution in [2.24, 2.45) is 0 Å². The number of nitrogens with zero attached hydrogens (tertiary/aromatic N) is 2. The van der Waals surface area contributed by atoms with E-state index in [2.05, 4.69) is 49.5 Å². The third kappa shape index (κ3) is 5.29. The largest absolute Gasteiger partial charge is 0.353 e. The highest BCUT2D eigenvalue weighted by atomic mass is 19.1. The van der Waals surface area contributed by atoms with Gasteiger partial charge in [0.05, 0.1) is 6.20 Å². The molecule has 1 rings (SSSR count). The number of hydrogen-bond acceptors (Lipinski definition) is 3. The van der Waals surface area contributed by atoms with Crippen molar-refractivity contribution in [1.29, 1.82) is 0 Å². The smallest absolute Gasteiger partial charge is 0.141 e. The first-order valence-electron chi connectivity index (χ1n) is 7.12. The van der Waals surface area contributed by atoms with Crippen LogP contribution < -0.4 is 10.2 Å². The van der Waals surface area contributed by atoms with Gasteiger partial charge in [-0.15, -0.1) is 6.58 Å². The van der Waals surface area contributed by atoms with Gasteiger partial charge in [-0.25, -0.2) is 9.37 Å². The summed E-state index contributed by atoms with van der Waals surface area (Å²) in [6.45, 7) is 14.4. The Balaban J connectivity index is 3.01. The molecule has 1 heterocycles. The third-order valence-corrected chi connectivity index (χ3v) is 2.86. The molecule has 3 nitrogen and oxygen atoms in total. The van der Waals surface area contributed by atoms with Crippen LogP contribution in [0.2, 0.25) is 0 Å². The monoisotopic (exact) mass is 279 g/mol. The second kappa shape index (κ2) is 7.39. The lowest BCUT2D eigenvalue weighted by atomic mass is 10.1. The fourth-order valence-electron chi connectivity index (χ4n) is 1.96. The maximum absolute atomic E-state index is 13.5. The second-order valence-corrected chi connectivity index (χ2v) is 5.97. The van der Waals surface area contributed by atoms with Crippen LogP contribution >= 0.6 is 0 Å². The fraction of sp³-hybridized carbons (Fsp3) is 0.562. The minimum Gasteiger partial charge on any atom is -0.353 e. The van der Waals surface area contributed by atoms with E-state index in [9.17, 15) is 4.39 Å². The minimum absolute atomic E-state index is 0.0163. The number of aromatic nitrogens is 1. The van der Waals surface area contributed by atoms with Gasteiger partial charge >= 0.3 is 0 Å². The summed E-state index contributed by atoms with van der Waals surface area (Å²) in [7, 11) is 0. The van der Waals surface area contributed by atoms with Crippen LogP contribution in [-0.4, -0.2) is 23.6 Å². The summed E-state index contributed by atoms with van der Waals surface area (Å²) < 4.78 is 13.5. The van der Waals surface area contributed by atoms with Gasteiger partial charge < -0.3 is 10.2 Å². The van der Waals surface area contributed by atoms with E-state index in [4.69, 9.17) is 0 Å². The van der Waals surface area contributed by atoms with Gasteiger partial charge in [0.15, 0.2) is 0 Å². The molecular weight excluding hydrogens is 253 g/mol. The molecule has 0 saturated heterocycles. The fourth-order valence-corrected chi connectivity index (χ4v) is 1.96. The van der Waals surface area contributed by atoms with Gasteiger partial charge in [-0.05, 0) is 33.3 Å². The highest BCUT2D eigenvalue weighted by Crippen LogP contribution is 2.20. The standard InChI is InChI=1S/C16H26FN3/c1-6-8-20(9-7-2)15-13(10-14(17)12-18-15)11-19-16(3,4)5/h6,10,12,19H,1,7-9,11H2,2-5H3. The molecular formula is C16H26FN3. The molecule has 1 aromatic heterocycles. The highest BCUT2D eigenvalue weighted by Gasteiger charge is 2.15. The molecule has 20 heavy (non-hydrogen) atoms. The SMILES string of the molecule is C=CCN(CCC)c1ncc(F)cc1CNC(C)(C)C. The van der Waals surface area contributed by atoms with Gasteiger partial charge in [-0.1, -0.05) is 13.0 Å². The Hall–Kier alpha value is -1.42. The van der Waals surface area contributed by atoms with Crippen molar-refractivity contribution >= 4 is 5.82 Å². The van der Waals surface area contributed by atoms with Crippen molar-refractivity contribution < 1.29 is 4.39 Å². The quantitative estimate of drug-likeness (QED) is 0.774. The lowest BCUT2D eigenvalue weighted by Crippen LogP contribution is -2.36. The molecule has 0 amide bonds. The summed E-state index contributed by atoms with van der Waals surface area (Å²) in [5.41, 5.74) is 0.868. The molecule has 1 N–H and O–H groups in total. The second-order valence-electron chi connectivity index (χ2n) is 5.97. The van der Waals surface area contributed by atoms with Crippen molar-refractivity contribution in [2.75, 3.05) is 18.0 Å². The Labute approximate surface area is 121 Å². The van der Waals surface area contributed by atoms with E-state index >= 15 is 0 Å². The van der Waals surface area contributed by atoms with Gasteiger partial charge in [-0.3, -0.25) is 0 Å². The van der Waals surface area contributed by atoms with E-state index in [1.54, 1.807) is 6.07 Å². The van der Waals surface area contributed by atoms with Crippen LogP contribution in [0.3, 0.4) is 0 Å². The predicted molar refractivity (Wildman–Crippen MR) is 83.5 cm³/mol. The number of nitrogens with one attached hydrogen (secondary N) is 1. The normalized spacial score (nSPS) is 11.4. The van der Waals surface area contributed by atoms with E-state index < -0.39 is 0 Å². The maximum atomic E-state index is 13.5. The first kappa shape index (κ1) is 16.6. The molecule has 0 bridgehead atoms. The Morgan fingerprint density at radius 3 is 2.70 bits per heavy atom. The number of hydrogen-bond donors (Lipinski definition) is 1. The molecule has 0 aliphatic heterocycles. The Bertz CT molecular complexity index is 438. The van der Waals surface area contributed by atoms with E-state index in [0.29, 0.717) is 6.54 Å². The average Bonchev–Trinajstić information content (AvgIpc) is 2.35. The molecule has 112 valence electrons. The number of rotatable bonds is 7. The van der Waals surface area contributed by atoms with Crippen LogP contribution in [0.25, 0.3) is 0 Å². The molecule has 0 aromatic carbocycles. The van der Waals surface area contributed by atoms with Crippen LogP contribution in [-0.2, 0) is 6.54 Å². The van der Waals surface area contributed by atoms with Crippen molar-refractivity contribution in [3.63, 3.8) is 0 Å². The van der Waals surface area contributed by atoms with Crippen LogP contribution in [0.4, 0.5) is 10.2 Å². The summed E-state index contributed by atoms with van der Waals surface area (Å²) >= 11 is 0. The predicted octanol–water partition coefficient (Wildman–Crippen LogP) is 3.51. The van der Waals surface area contributed by atoms with E-state index in [-0.39, 0.29) is 11.4 Å². The molecule has 0 spiro atoms. The van der Waals surface area contributed by atoms with Gasteiger partial charge in [0, 0.05) is 30.7 Å². The molecule has 4 heteroatoms. The highest BCUT2D eigenvalue weighted by molar-refractivity contribution is 5.47. The summed E-state index contributed by atoms with van der Waals surface area (Å²) in [4.78, 5) is 6.41. The van der Waals surface area contributed by atoms with E-state index in [0.717, 1.165) is 30.9 Å². The molecule has 0 aliphatic rings. The zero-order valence-corrected chi connectivity index (χ0v) is 13.0. The van der Waals surface area contributed by atoms with Gasteiger partial charge in [-0.2, -0.15) is 0 Å². The first-order valence-corrected chi connectivity index (χ1v) is 7.12. The van der Waals surface area contributed by atoms with Crippen molar-refractivity contribution in [1.82, 2.24) is 10.3 Å². The van der Waals surface area contributed by atoms with E-state index in [1.165, 1.54) is 6.20 Å². The summed E-state index contributed by atoms with van der Waals surface area (Å²) in [6, 6.07) is 1.56. The average molecular weight is 279 g/mol. The van der Waals surface area contributed by atoms with Gasteiger partial charge in [0.1, 0.15) is 11.6 Å². The summed E-state index contributed by atoms with van der Waals surface area (Å²) in [5, 5.41) is 3.39. The zero-order valence-electron chi connectivity index (χ0n) is 13.0. The molecule has 0 fully saturated rings. The molecule has 0 unspecified atom stereocenters.